The summed E-state index contributed by atoms with van der Waals surface area (Å²) in [4.78, 5) is 0. The first-order valence-corrected chi connectivity index (χ1v) is 7.79. The molecule has 0 heterocycles. The molecule has 0 nitrogen and oxygen atoms in total. The molecule has 3 aliphatic carbocycles. The maximum atomic E-state index is 4.05. The monoisotopic (exact) mass is 284 g/mol. The highest BCUT2D eigenvalue weighted by atomic mass is 79.9. The maximum Gasteiger partial charge on any atom is 0.0263 e. The molecule has 16 heavy (non-hydrogen) atoms. The van der Waals surface area contributed by atoms with Crippen LogP contribution in [0.4, 0.5) is 0 Å². The number of halogens is 1. The predicted octanol–water partition coefficient (Wildman–Crippen LogP) is 5.01. The number of rotatable bonds is 0. The Balaban J connectivity index is 2.07. The molecule has 2 bridgehead atoms. The molecule has 0 aromatic rings. The zero-order valence-electron chi connectivity index (χ0n) is 11.1. The highest BCUT2D eigenvalue weighted by Gasteiger charge is 2.67. The van der Waals surface area contributed by atoms with E-state index in [1.807, 2.05) is 0 Å². The molecule has 0 amide bonds. The summed E-state index contributed by atoms with van der Waals surface area (Å²) in [5, 5.41) is 0. The lowest BCUT2D eigenvalue weighted by molar-refractivity contribution is 0.112. The Kier molecular flexibility index (Phi) is 2.22. The van der Waals surface area contributed by atoms with Crippen molar-refractivity contribution in [1.29, 1.82) is 0 Å². The third-order valence-electron chi connectivity index (χ3n) is 6.75. The predicted molar refractivity (Wildman–Crippen MR) is 72.8 cm³/mol. The Bertz CT molecular complexity index is 313. The summed E-state index contributed by atoms with van der Waals surface area (Å²) in [6.45, 7) is 10.1. The maximum absolute atomic E-state index is 4.05. The summed E-state index contributed by atoms with van der Waals surface area (Å²) >= 11 is 4.05. The highest BCUT2D eigenvalue weighted by Crippen LogP contribution is 2.74. The standard InChI is InChI=1S/C15H25Br/c1-10-5-6-11-13(2,3)12-9-15(10,11)8-7-14(12,4)16/h10-12H,5-9H2,1-4H3. The molecule has 5 atom stereocenters. The second-order valence-electron chi connectivity index (χ2n) is 7.62. The van der Waals surface area contributed by atoms with Crippen molar-refractivity contribution in [3.8, 4) is 0 Å². The molecule has 0 aliphatic heterocycles. The van der Waals surface area contributed by atoms with Gasteiger partial charge in [0.2, 0.25) is 0 Å². The van der Waals surface area contributed by atoms with Crippen molar-refractivity contribution in [2.24, 2.45) is 28.6 Å². The van der Waals surface area contributed by atoms with Gasteiger partial charge in [-0.3, -0.25) is 0 Å². The summed E-state index contributed by atoms with van der Waals surface area (Å²) in [5.41, 5.74) is 1.28. The van der Waals surface area contributed by atoms with Crippen molar-refractivity contribution in [2.75, 3.05) is 0 Å². The van der Waals surface area contributed by atoms with Crippen LogP contribution in [0, 0.1) is 28.6 Å². The minimum atomic E-state index is 0.409. The lowest BCUT2D eigenvalue weighted by Gasteiger charge is -2.44. The Labute approximate surface area is 109 Å². The molecule has 0 aromatic heterocycles. The van der Waals surface area contributed by atoms with Crippen molar-refractivity contribution < 1.29 is 0 Å². The first-order chi connectivity index (χ1) is 7.31. The SMILES string of the molecule is CC1CCC2C(C)(C)C3CC12CCC3(C)Br. The second-order valence-corrected chi connectivity index (χ2v) is 9.43. The van der Waals surface area contributed by atoms with Gasteiger partial charge in [-0.05, 0) is 67.6 Å². The Morgan fingerprint density at radius 3 is 2.38 bits per heavy atom. The molecule has 3 fully saturated rings. The van der Waals surface area contributed by atoms with Gasteiger partial charge in [-0.15, -0.1) is 0 Å². The van der Waals surface area contributed by atoms with Gasteiger partial charge < -0.3 is 0 Å². The Morgan fingerprint density at radius 1 is 1.00 bits per heavy atom. The van der Waals surface area contributed by atoms with E-state index >= 15 is 0 Å². The van der Waals surface area contributed by atoms with Crippen LogP contribution in [0.25, 0.3) is 0 Å². The minimum absolute atomic E-state index is 0.409. The molecule has 0 radical (unpaired) electrons. The van der Waals surface area contributed by atoms with Crippen LogP contribution in [0.15, 0.2) is 0 Å². The molecule has 5 unspecified atom stereocenters. The van der Waals surface area contributed by atoms with Crippen LogP contribution in [-0.2, 0) is 0 Å². The van der Waals surface area contributed by atoms with Crippen molar-refractivity contribution in [3.63, 3.8) is 0 Å². The third-order valence-corrected chi connectivity index (χ3v) is 7.70. The van der Waals surface area contributed by atoms with Crippen molar-refractivity contribution >= 4 is 15.9 Å². The fourth-order valence-corrected chi connectivity index (χ4v) is 6.79. The highest BCUT2D eigenvalue weighted by molar-refractivity contribution is 9.10. The summed E-state index contributed by atoms with van der Waals surface area (Å²) in [5.74, 6) is 2.87. The van der Waals surface area contributed by atoms with Gasteiger partial charge in [-0.1, -0.05) is 36.7 Å². The van der Waals surface area contributed by atoms with E-state index in [1.54, 1.807) is 0 Å². The third kappa shape index (κ3) is 1.17. The summed E-state index contributed by atoms with van der Waals surface area (Å²) in [6.07, 6.45) is 7.34. The van der Waals surface area contributed by atoms with E-state index in [4.69, 9.17) is 0 Å². The molecule has 3 rings (SSSR count). The first-order valence-electron chi connectivity index (χ1n) is 7.00. The minimum Gasteiger partial charge on any atom is -0.0853 e. The van der Waals surface area contributed by atoms with Gasteiger partial charge in [-0.2, -0.15) is 0 Å². The van der Waals surface area contributed by atoms with Crippen LogP contribution in [-0.4, -0.2) is 4.32 Å². The molecule has 1 heteroatoms. The molecule has 92 valence electrons. The molecular formula is C15H25Br. The lowest BCUT2D eigenvalue weighted by Crippen LogP contribution is -2.39. The van der Waals surface area contributed by atoms with Crippen LogP contribution < -0.4 is 0 Å². The van der Waals surface area contributed by atoms with E-state index in [-0.39, 0.29) is 0 Å². The Morgan fingerprint density at radius 2 is 1.69 bits per heavy atom. The first kappa shape index (κ1) is 11.6. The zero-order valence-corrected chi connectivity index (χ0v) is 12.7. The van der Waals surface area contributed by atoms with E-state index in [9.17, 15) is 0 Å². The van der Waals surface area contributed by atoms with E-state index in [1.165, 1.54) is 32.1 Å². The second kappa shape index (κ2) is 3.08. The smallest absolute Gasteiger partial charge is 0.0263 e. The van der Waals surface area contributed by atoms with E-state index < -0.39 is 0 Å². The van der Waals surface area contributed by atoms with Crippen LogP contribution in [0.5, 0.6) is 0 Å². The van der Waals surface area contributed by atoms with E-state index in [0.29, 0.717) is 9.74 Å². The van der Waals surface area contributed by atoms with Gasteiger partial charge in [0, 0.05) is 4.32 Å². The van der Waals surface area contributed by atoms with Crippen molar-refractivity contribution in [2.45, 2.75) is 64.1 Å². The van der Waals surface area contributed by atoms with Crippen LogP contribution in [0.1, 0.15) is 59.8 Å². The summed E-state index contributed by atoms with van der Waals surface area (Å²) in [7, 11) is 0. The van der Waals surface area contributed by atoms with Crippen LogP contribution in [0.3, 0.4) is 0 Å². The van der Waals surface area contributed by atoms with E-state index in [0.717, 1.165) is 23.2 Å². The van der Waals surface area contributed by atoms with Gasteiger partial charge in [0.1, 0.15) is 0 Å². The molecule has 1 spiro atoms. The van der Waals surface area contributed by atoms with Crippen molar-refractivity contribution in [1.82, 2.24) is 0 Å². The average Bonchev–Trinajstić information content (AvgIpc) is 2.58. The normalized spacial score (nSPS) is 58.7. The van der Waals surface area contributed by atoms with Crippen LogP contribution in [0.2, 0.25) is 0 Å². The van der Waals surface area contributed by atoms with Gasteiger partial charge in [0.05, 0.1) is 0 Å². The fourth-order valence-electron chi connectivity index (χ4n) is 5.84. The zero-order chi connectivity index (χ0) is 11.8. The topological polar surface area (TPSA) is 0 Å². The lowest BCUT2D eigenvalue weighted by atomic mass is 9.66. The number of hydrogen-bond acceptors (Lipinski definition) is 0. The number of fused-ring (bicyclic) bond motifs is 1. The molecule has 0 aromatic carbocycles. The van der Waals surface area contributed by atoms with Crippen LogP contribution >= 0.6 is 15.9 Å². The number of alkyl halides is 1. The summed E-state index contributed by atoms with van der Waals surface area (Å²) in [6, 6.07) is 0. The largest absolute Gasteiger partial charge is 0.0853 e. The van der Waals surface area contributed by atoms with Gasteiger partial charge in [0.15, 0.2) is 0 Å². The van der Waals surface area contributed by atoms with Gasteiger partial charge >= 0.3 is 0 Å². The quantitative estimate of drug-likeness (QED) is 0.549. The number of hydrogen-bond donors (Lipinski definition) is 0. The fraction of sp³-hybridized carbons (Fsp3) is 1.00. The Hall–Kier alpha value is 0.480. The summed E-state index contributed by atoms with van der Waals surface area (Å²) < 4.78 is 0.409. The molecule has 3 aliphatic rings. The van der Waals surface area contributed by atoms with E-state index in [2.05, 4.69) is 43.6 Å². The average molecular weight is 285 g/mol. The molecule has 0 saturated heterocycles. The molecule has 0 N–H and O–H groups in total. The van der Waals surface area contributed by atoms with Crippen molar-refractivity contribution in [3.05, 3.63) is 0 Å². The van der Waals surface area contributed by atoms with Gasteiger partial charge in [0.25, 0.3) is 0 Å². The molecular weight excluding hydrogens is 260 g/mol. The van der Waals surface area contributed by atoms with Gasteiger partial charge in [-0.25, -0.2) is 0 Å². The molecule has 3 saturated carbocycles.